The SMILES string of the molecule is COC(=O)c1ccnc(Cc2cc(C#N)c3ncc(C)cc3c2)c1.Cc1cc(N)nc(C)c1CN.Cc1cnc2c(C#N)cc(Cc3cc(C(=O)NCc4c(C)cc(N)nc4C)ccn3)cc2c1.Cc1cnc2c(C#N)cc(Cc3cc(C(=O)NCc4c(C)cc(N)nc4C)ccn3)cc2c1. The number of methoxy groups -OCH3 is 1. The van der Waals surface area contributed by atoms with Crippen LogP contribution in [0.1, 0.15) is 149 Å². The van der Waals surface area contributed by atoms with Crippen molar-refractivity contribution < 1.29 is 19.1 Å². The number of carbonyl (C=O) groups excluding carboxylic acids is 3. The number of carbonyl (C=O) groups is 3. The molecule has 22 heteroatoms. The smallest absolute Gasteiger partial charge is 0.337 e. The molecule has 0 fully saturated rings. The van der Waals surface area contributed by atoms with Crippen LogP contribution in [0.25, 0.3) is 32.7 Å². The highest BCUT2D eigenvalue weighted by Crippen LogP contribution is 2.26. The highest BCUT2D eigenvalue weighted by atomic mass is 16.5. The molecule has 0 aliphatic heterocycles. The number of rotatable bonds is 14. The summed E-state index contributed by atoms with van der Waals surface area (Å²) in [5.41, 5.74) is 44.6. The van der Waals surface area contributed by atoms with E-state index in [0.29, 0.717) is 106 Å². The van der Waals surface area contributed by atoms with E-state index < -0.39 is 5.97 Å². The summed E-state index contributed by atoms with van der Waals surface area (Å²) in [5.74, 6) is 0.735. The number of hydrogen-bond acceptors (Lipinski definition) is 20. The Kier molecular flexibility index (Phi) is 23.5. The third-order valence-electron chi connectivity index (χ3n) is 16.6. The minimum absolute atomic E-state index is 0.190. The quantitative estimate of drug-likeness (QED) is 0.0551. The Balaban J connectivity index is 0.000000166. The predicted molar refractivity (Wildman–Crippen MR) is 391 cm³/mol. The zero-order valence-corrected chi connectivity index (χ0v) is 57.9. The van der Waals surface area contributed by atoms with Gasteiger partial charge in [0.15, 0.2) is 0 Å². The number of benzene rings is 3. The lowest BCUT2D eigenvalue weighted by molar-refractivity contribution is 0.0600. The molecule has 0 unspecified atom stereocenters. The molecule has 0 aliphatic rings. The predicted octanol–water partition coefficient (Wildman–Crippen LogP) is 11.8. The maximum absolute atomic E-state index is 12.8. The minimum atomic E-state index is -0.394. The number of nitrogens with zero attached hydrogens (tertiary/aromatic N) is 12. The number of anilines is 3. The molecule has 0 bridgehead atoms. The van der Waals surface area contributed by atoms with E-state index in [0.717, 1.165) is 117 Å². The molecule has 101 heavy (non-hydrogen) atoms. The molecule has 0 atom stereocenters. The lowest BCUT2D eigenvalue weighted by Crippen LogP contribution is -2.24. The summed E-state index contributed by atoms with van der Waals surface area (Å²) in [6.07, 6.45) is 11.6. The molecule has 0 aliphatic carbocycles. The summed E-state index contributed by atoms with van der Waals surface area (Å²) in [6, 6.07) is 39.9. The van der Waals surface area contributed by atoms with Crippen molar-refractivity contribution in [3.8, 4) is 18.2 Å². The number of ether oxygens (including phenoxy) is 1. The number of pyridine rings is 9. The molecule has 506 valence electrons. The number of nitrogens with one attached hydrogen (secondary N) is 2. The number of nitriles is 3. The van der Waals surface area contributed by atoms with E-state index in [1.54, 1.807) is 85.7 Å². The molecule has 10 N–H and O–H groups in total. The van der Waals surface area contributed by atoms with Gasteiger partial charge in [-0.15, -0.1) is 0 Å². The van der Waals surface area contributed by atoms with Gasteiger partial charge in [-0.3, -0.25) is 39.5 Å². The number of aryl methyl sites for hydroxylation is 9. The van der Waals surface area contributed by atoms with Crippen LogP contribution in [0.5, 0.6) is 0 Å². The molecule has 12 aromatic rings. The molecule has 9 aromatic heterocycles. The van der Waals surface area contributed by atoms with Crippen LogP contribution >= 0.6 is 0 Å². The number of fused-ring (bicyclic) bond motifs is 3. The van der Waals surface area contributed by atoms with Crippen LogP contribution in [0.15, 0.2) is 146 Å². The van der Waals surface area contributed by atoms with Crippen molar-refractivity contribution in [1.82, 2.24) is 55.5 Å². The van der Waals surface area contributed by atoms with Gasteiger partial charge in [-0.05, 0) is 238 Å². The van der Waals surface area contributed by atoms with E-state index in [1.807, 2.05) is 123 Å². The van der Waals surface area contributed by atoms with Crippen molar-refractivity contribution in [2.45, 2.75) is 101 Å². The van der Waals surface area contributed by atoms with Gasteiger partial charge in [0.2, 0.25) is 0 Å². The molecule has 9 heterocycles. The van der Waals surface area contributed by atoms with Crippen LogP contribution in [0.4, 0.5) is 17.5 Å². The first-order chi connectivity index (χ1) is 48.4. The van der Waals surface area contributed by atoms with E-state index in [-0.39, 0.29) is 11.8 Å². The Morgan fingerprint density at radius 1 is 0.426 bits per heavy atom. The summed E-state index contributed by atoms with van der Waals surface area (Å²) < 4.78 is 4.73. The van der Waals surface area contributed by atoms with E-state index in [9.17, 15) is 30.2 Å². The van der Waals surface area contributed by atoms with Gasteiger partial charge in [0.25, 0.3) is 11.8 Å². The first-order valence-corrected chi connectivity index (χ1v) is 32.2. The van der Waals surface area contributed by atoms with E-state index in [2.05, 4.69) is 73.7 Å². The van der Waals surface area contributed by atoms with Gasteiger partial charge in [0.1, 0.15) is 35.7 Å². The zero-order valence-electron chi connectivity index (χ0n) is 57.9. The van der Waals surface area contributed by atoms with E-state index in [4.69, 9.17) is 27.7 Å². The van der Waals surface area contributed by atoms with Crippen LogP contribution in [0.2, 0.25) is 0 Å². The highest BCUT2D eigenvalue weighted by Gasteiger charge is 2.17. The molecule has 22 nitrogen and oxygen atoms in total. The van der Waals surface area contributed by atoms with Crippen LogP contribution in [0.3, 0.4) is 0 Å². The first-order valence-electron chi connectivity index (χ1n) is 32.2. The molecular weight excluding hydrogens is 1260 g/mol. The van der Waals surface area contributed by atoms with Crippen molar-refractivity contribution in [1.29, 1.82) is 15.8 Å². The third-order valence-corrected chi connectivity index (χ3v) is 16.6. The molecule has 12 rings (SSSR count). The lowest BCUT2D eigenvalue weighted by Gasteiger charge is -2.12. The Bertz CT molecular complexity index is 5020. The molecule has 0 radical (unpaired) electrons. The summed E-state index contributed by atoms with van der Waals surface area (Å²) in [7, 11) is 1.35. The maximum atomic E-state index is 12.8. The summed E-state index contributed by atoms with van der Waals surface area (Å²) in [6.45, 7) is 18.7. The standard InChI is InChI=1S/2C26H24N6O.C19H15N3O2.C8H13N3/c2*1-15-6-20-8-18(9-21(12-27)25(20)30-13-15)10-22-11-19(4-5-29-22)26(33)31-14-23-16(2)7-24(28)32-17(23)3;1-12-5-15-6-13(7-16(10-20)18(15)22-11-12)8-17-9-14(3-4-21-17)19(23)24-2;1-5-3-8(10)11-6(2)7(5)4-9/h2*4-9,11,13H,10,14H2,1-3H3,(H2,28,32)(H,31,33);3-7,9,11H,8H2,1-2H3;3H,4,9H2,1-2H3,(H2,10,11). The molecule has 0 saturated heterocycles. The number of hydrogen-bond donors (Lipinski definition) is 6. The van der Waals surface area contributed by atoms with Crippen LogP contribution in [0, 0.1) is 96.3 Å². The van der Waals surface area contributed by atoms with Crippen LogP contribution in [-0.2, 0) is 43.6 Å². The molecule has 0 saturated carbocycles. The van der Waals surface area contributed by atoms with Gasteiger partial charge in [-0.25, -0.2) is 19.7 Å². The fraction of sp³-hybridized carbons (Fsp3) is 0.203. The maximum Gasteiger partial charge on any atom is 0.337 e. The zero-order chi connectivity index (χ0) is 72.6. The second kappa shape index (κ2) is 32.8. The largest absolute Gasteiger partial charge is 0.465 e. The first kappa shape index (κ1) is 72.3. The topological polar surface area (TPSA) is 376 Å². The monoisotopic (exact) mass is 1340 g/mol. The summed E-state index contributed by atoms with van der Waals surface area (Å²) in [4.78, 5) is 76.2. The molecule has 2 amide bonds. The Hall–Kier alpha value is -13.0. The van der Waals surface area contributed by atoms with Crippen molar-refractivity contribution in [2.24, 2.45) is 5.73 Å². The number of nitrogens with two attached hydrogens (primary N) is 4. The van der Waals surface area contributed by atoms with Gasteiger partial charge in [-0.2, -0.15) is 15.8 Å². The van der Waals surface area contributed by atoms with Crippen molar-refractivity contribution in [2.75, 3.05) is 24.3 Å². The average molecular weight is 1340 g/mol. The second-order valence-electron chi connectivity index (χ2n) is 24.5. The Morgan fingerprint density at radius 3 is 1.05 bits per heavy atom. The van der Waals surface area contributed by atoms with Crippen molar-refractivity contribution >= 4 is 67.9 Å². The van der Waals surface area contributed by atoms with Gasteiger partial charge < -0.3 is 38.3 Å². The number of nitrogen functional groups attached to an aromatic ring is 3. The Labute approximate surface area is 585 Å². The fourth-order valence-corrected chi connectivity index (χ4v) is 11.8. The van der Waals surface area contributed by atoms with E-state index >= 15 is 0 Å². The second-order valence-corrected chi connectivity index (χ2v) is 24.5. The minimum Gasteiger partial charge on any atom is -0.465 e. The Morgan fingerprint density at radius 2 is 0.743 bits per heavy atom. The fourth-order valence-electron chi connectivity index (χ4n) is 11.8. The molecule has 0 spiro atoms. The van der Waals surface area contributed by atoms with Crippen molar-refractivity contribution in [3.63, 3.8) is 0 Å². The van der Waals surface area contributed by atoms with E-state index in [1.165, 1.54) is 7.11 Å². The molecule has 3 aromatic carbocycles. The van der Waals surface area contributed by atoms with Crippen LogP contribution < -0.4 is 33.6 Å². The third kappa shape index (κ3) is 18.6. The van der Waals surface area contributed by atoms with Crippen LogP contribution in [-0.4, -0.2) is 69.7 Å². The molecular formula is C79H76N18O4. The van der Waals surface area contributed by atoms with Gasteiger partial charge in [-0.1, -0.05) is 0 Å². The summed E-state index contributed by atoms with van der Waals surface area (Å²) in [5, 5.41) is 37.2. The highest BCUT2D eigenvalue weighted by molar-refractivity contribution is 5.95. The van der Waals surface area contributed by atoms with Gasteiger partial charge in [0, 0.05) is 138 Å². The van der Waals surface area contributed by atoms with Crippen molar-refractivity contribution in [3.05, 3.63) is 281 Å². The number of amides is 2. The number of aromatic nitrogens is 9. The van der Waals surface area contributed by atoms with Gasteiger partial charge in [0.05, 0.1) is 45.9 Å². The number of esters is 1. The van der Waals surface area contributed by atoms with Gasteiger partial charge >= 0.3 is 5.97 Å². The average Bonchev–Trinajstić information content (AvgIpc) is 0.810. The summed E-state index contributed by atoms with van der Waals surface area (Å²) >= 11 is 0. The normalized spacial score (nSPS) is 10.6. The lowest BCUT2D eigenvalue weighted by atomic mass is 10.0.